The van der Waals surface area contributed by atoms with Crippen molar-refractivity contribution < 1.29 is 32.9 Å². The molecule has 3 N–H and O–H groups in total. The van der Waals surface area contributed by atoms with E-state index in [2.05, 4.69) is 25.2 Å². The largest absolute Gasteiger partial charge is 0.460 e. The molecule has 47 heavy (non-hydrogen) atoms. The molecule has 0 saturated heterocycles. The number of azide groups is 1. The molecule has 0 amide bonds. The van der Waals surface area contributed by atoms with Crippen molar-refractivity contribution in [2.24, 2.45) is 5.11 Å². The molecule has 1 aliphatic rings. The molecule has 2 aromatic carbocycles. The highest BCUT2D eigenvalue weighted by Gasteiger charge is 2.36. The Kier molecular flexibility index (Phi) is 12.0. The molecule has 0 unspecified atom stereocenters. The molecule has 0 spiro atoms. The van der Waals surface area contributed by atoms with Gasteiger partial charge in [-0.1, -0.05) is 65.8 Å². The number of nitrogens with one attached hydrogen (secondary N) is 3. The SMILES string of the molecule is Cc1cn([C@H]2C=C(N=[N+]=[N-])[C@@H](COP(=O)(N[C@@H](C)C(=O)OCc3ccccc3)N[C@@H](C)C(=O)OCc3ccccc3)O2)c(=O)[nH]c1=O. The molecule has 248 valence electrons. The standard InChI is InChI=1S/C30H34N7O9P/c1-19-15-37(30(41)32-27(19)38)26-14-24(33-36-31)25(46-26)18-45-47(42,34-20(2)28(39)43-16-22-10-6-4-7-11-22)35-21(3)29(40)44-17-23-12-8-5-9-13-23/h4-15,20-21,25-26H,16-18H2,1-3H3,(H,32,38,41)(H2,34,35,42)/t20-,21-,25+,26+/m0/s1. The van der Waals surface area contributed by atoms with E-state index in [1.165, 1.54) is 33.0 Å². The minimum absolute atomic E-state index is 0.00504. The number of esters is 2. The van der Waals surface area contributed by atoms with Crippen LogP contribution in [-0.2, 0) is 46.1 Å². The average Bonchev–Trinajstić information content (AvgIpc) is 3.46. The minimum Gasteiger partial charge on any atom is -0.460 e. The van der Waals surface area contributed by atoms with Gasteiger partial charge in [0.05, 0.1) is 6.61 Å². The average molecular weight is 668 g/mol. The minimum atomic E-state index is -4.30. The fourth-order valence-electron chi connectivity index (χ4n) is 4.33. The van der Waals surface area contributed by atoms with Gasteiger partial charge < -0.3 is 18.7 Å². The lowest BCUT2D eigenvalue weighted by molar-refractivity contribution is -0.147. The number of nitrogens with zero attached hydrogens (tertiary/aromatic N) is 4. The normalized spacial score (nSPS) is 17.2. The number of aromatic nitrogens is 2. The van der Waals surface area contributed by atoms with Gasteiger partial charge >= 0.3 is 25.3 Å². The number of carbonyl (C=O) groups is 2. The molecule has 1 aromatic heterocycles. The molecule has 17 heteroatoms. The van der Waals surface area contributed by atoms with Gasteiger partial charge in [-0.05, 0) is 43.5 Å². The van der Waals surface area contributed by atoms with Crippen LogP contribution in [0.3, 0.4) is 0 Å². The molecule has 4 atom stereocenters. The molecule has 0 bridgehead atoms. The number of carbonyl (C=O) groups excluding carboxylic acids is 2. The zero-order valence-corrected chi connectivity index (χ0v) is 26.7. The van der Waals surface area contributed by atoms with Crippen molar-refractivity contribution in [1.29, 1.82) is 0 Å². The third kappa shape index (κ3) is 9.83. The zero-order valence-electron chi connectivity index (χ0n) is 25.8. The van der Waals surface area contributed by atoms with Crippen molar-refractivity contribution >= 4 is 19.6 Å². The van der Waals surface area contributed by atoms with E-state index in [1.54, 1.807) is 48.5 Å². The number of ether oxygens (including phenoxy) is 3. The van der Waals surface area contributed by atoms with Gasteiger partial charge in [0, 0.05) is 22.4 Å². The van der Waals surface area contributed by atoms with Crippen LogP contribution in [-0.4, -0.2) is 46.3 Å². The van der Waals surface area contributed by atoms with Crippen LogP contribution in [0.2, 0.25) is 0 Å². The Labute approximate surface area is 268 Å². The molecular formula is C30H34N7O9P. The molecule has 2 heterocycles. The maximum atomic E-state index is 14.2. The third-order valence-corrected chi connectivity index (χ3v) is 8.78. The highest BCUT2D eigenvalue weighted by molar-refractivity contribution is 7.54. The fraction of sp³-hybridized carbons (Fsp3) is 0.333. The van der Waals surface area contributed by atoms with Gasteiger partial charge in [0.1, 0.15) is 31.4 Å². The van der Waals surface area contributed by atoms with Crippen LogP contribution in [0.25, 0.3) is 10.4 Å². The highest BCUT2D eigenvalue weighted by Crippen LogP contribution is 2.41. The third-order valence-electron chi connectivity index (χ3n) is 6.82. The summed E-state index contributed by atoms with van der Waals surface area (Å²) in [5.41, 5.74) is 9.47. The first-order valence-electron chi connectivity index (χ1n) is 14.4. The Balaban J connectivity index is 1.49. The topological polar surface area (TPSA) is 216 Å². The Morgan fingerprint density at radius 1 is 1.00 bits per heavy atom. The number of aromatic amines is 1. The van der Waals surface area contributed by atoms with E-state index < -0.39 is 61.9 Å². The summed E-state index contributed by atoms with van der Waals surface area (Å²) in [5, 5.41) is 8.79. The van der Waals surface area contributed by atoms with Crippen molar-refractivity contribution in [2.45, 2.75) is 58.4 Å². The van der Waals surface area contributed by atoms with E-state index in [9.17, 15) is 23.7 Å². The fourth-order valence-corrected chi connectivity index (χ4v) is 6.13. The summed E-state index contributed by atoms with van der Waals surface area (Å²) in [7, 11) is -4.30. The number of benzene rings is 2. The first-order valence-corrected chi connectivity index (χ1v) is 16.1. The molecule has 4 rings (SSSR count). The van der Waals surface area contributed by atoms with Crippen LogP contribution in [0.1, 0.15) is 36.8 Å². The summed E-state index contributed by atoms with van der Waals surface area (Å²) in [6, 6.07) is 15.5. The summed E-state index contributed by atoms with van der Waals surface area (Å²) in [6.45, 7) is 3.71. The maximum Gasteiger partial charge on any atom is 0.342 e. The van der Waals surface area contributed by atoms with Crippen molar-refractivity contribution in [1.82, 2.24) is 19.7 Å². The maximum absolute atomic E-state index is 14.2. The van der Waals surface area contributed by atoms with Crippen LogP contribution < -0.4 is 21.4 Å². The lowest BCUT2D eigenvalue weighted by Gasteiger charge is -2.27. The first kappa shape index (κ1) is 35.0. The number of aryl methyl sites for hydroxylation is 1. The number of hydrogen-bond donors (Lipinski definition) is 3. The van der Waals surface area contributed by atoms with E-state index in [0.717, 1.165) is 15.7 Å². The summed E-state index contributed by atoms with van der Waals surface area (Å²) in [5.74, 6) is -1.50. The molecule has 0 saturated carbocycles. The zero-order chi connectivity index (χ0) is 34.0. The van der Waals surface area contributed by atoms with Gasteiger partial charge in [-0.2, -0.15) is 0 Å². The number of hydrogen-bond acceptors (Lipinski definition) is 10. The van der Waals surface area contributed by atoms with Crippen LogP contribution in [0.15, 0.2) is 93.3 Å². The molecule has 0 aliphatic carbocycles. The first-order chi connectivity index (χ1) is 22.5. The predicted octanol–water partition coefficient (Wildman–Crippen LogP) is 3.50. The highest BCUT2D eigenvalue weighted by atomic mass is 31.2. The van der Waals surface area contributed by atoms with Gasteiger partial charge in [-0.15, -0.1) is 0 Å². The Morgan fingerprint density at radius 3 is 2.04 bits per heavy atom. The van der Waals surface area contributed by atoms with Gasteiger partial charge in [-0.3, -0.25) is 28.5 Å². The molecule has 16 nitrogen and oxygen atoms in total. The van der Waals surface area contributed by atoms with Crippen LogP contribution in [0.5, 0.6) is 0 Å². The second-order valence-electron chi connectivity index (χ2n) is 10.5. The van der Waals surface area contributed by atoms with E-state index in [0.29, 0.717) is 0 Å². The summed E-state index contributed by atoms with van der Waals surface area (Å²) in [4.78, 5) is 54.9. The smallest absolute Gasteiger partial charge is 0.342 e. The van der Waals surface area contributed by atoms with Crippen molar-refractivity contribution in [3.8, 4) is 0 Å². The summed E-state index contributed by atoms with van der Waals surface area (Å²) in [6.07, 6.45) is 0.365. The van der Waals surface area contributed by atoms with E-state index in [1.807, 2.05) is 12.1 Å². The number of rotatable bonds is 15. The quantitative estimate of drug-likeness (QED) is 0.0701. The predicted molar refractivity (Wildman–Crippen MR) is 168 cm³/mol. The molecule has 1 aliphatic heterocycles. The Morgan fingerprint density at radius 2 is 1.53 bits per heavy atom. The monoisotopic (exact) mass is 667 g/mol. The number of H-pyrrole nitrogens is 1. The molecule has 0 radical (unpaired) electrons. The van der Waals surface area contributed by atoms with E-state index in [4.69, 9.17) is 24.3 Å². The van der Waals surface area contributed by atoms with Crippen LogP contribution in [0.4, 0.5) is 0 Å². The summed E-state index contributed by atoms with van der Waals surface area (Å²) < 4.78 is 37.5. The van der Waals surface area contributed by atoms with Crippen molar-refractivity contribution in [3.63, 3.8) is 0 Å². The lowest BCUT2D eigenvalue weighted by Crippen LogP contribution is -2.43. The second kappa shape index (κ2) is 16.1. The van der Waals surface area contributed by atoms with Gasteiger partial charge in [-0.25, -0.2) is 15.0 Å². The molecule has 3 aromatic rings. The van der Waals surface area contributed by atoms with Gasteiger partial charge in [0.2, 0.25) is 0 Å². The van der Waals surface area contributed by atoms with Gasteiger partial charge in [0.25, 0.3) is 5.56 Å². The lowest BCUT2D eigenvalue weighted by atomic mass is 10.2. The van der Waals surface area contributed by atoms with Crippen molar-refractivity contribution in [3.05, 3.63) is 127 Å². The van der Waals surface area contributed by atoms with E-state index >= 15 is 0 Å². The van der Waals surface area contributed by atoms with Crippen molar-refractivity contribution in [2.75, 3.05) is 6.61 Å². The summed E-state index contributed by atoms with van der Waals surface area (Å²) >= 11 is 0. The second-order valence-corrected chi connectivity index (χ2v) is 12.4. The Bertz CT molecular complexity index is 1740. The van der Waals surface area contributed by atoms with Crippen LogP contribution >= 0.6 is 7.67 Å². The van der Waals surface area contributed by atoms with E-state index in [-0.39, 0.29) is 24.5 Å². The molecule has 0 fully saturated rings. The Hall–Kier alpha value is -4.82. The molecular weight excluding hydrogens is 633 g/mol. The van der Waals surface area contributed by atoms with Crippen LogP contribution in [0, 0.1) is 6.92 Å². The van der Waals surface area contributed by atoms with Gasteiger partial charge in [0.15, 0.2) is 6.23 Å².